The summed E-state index contributed by atoms with van der Waals surface area (Å²) in [6.07, 6.45) is -0.498. The number of aromatic hydroxyl groups is 2. The molecule has 2 heterocycles. The van der Waals surface area contributed by atoms with Crippen molar-refractivity contribution in [2.45, 2.75) is 129 Å². The number of cyclic esters (lactones) is 2. The zero-order chi connectivity index (χ0) is 59.9. The Morgan fingerprint density at radius 2 is 0.798 bits per heavy atom. The second kappa shape index (κ2) is 23.8. The van der Waals surface area contributed by atoms with Crippen LogP contribution in [-0.4, -0.2) is 90.6 Å². The maximum atomic E-state index is 14.6. The number of carbonyl (C=O) groups excluding carboxylic acids is 2. The van der Waals surface area contributed by atoms with Crippen molar-refractivity contribution in [1.29, 1.82) is 0 Å². The van der Waals surface area contributed by atoms with Gasteiger partial charge in [-0.25, -0.2) is 9.59 Å². The smallest absolute Gasteiger partial charge is 0.342 e. The number of hydrogen-bond acceptors (Lipinski definition) is 12. The largest absolute Gasteiger partial charge is 0.507 e. The summed E-state index contributed by atoms with van der Waals surface area (Å²) in [5.41, 5.74) is 2.21. The fourth-order valence-corrected chi connectivity index (χ4v) is 22.2. The first-order valence-electron chi connectivity index (χ1n) is 29.2. The molecule has 8 aromatic carbocycles. The van der Waals surface area contributed by atoms with Gasteiger partial charge in [0.05, 0.1) is 37.2 Å². The lowest BCUT2D eigenvalue weighted by Crippen LogP contribution is -2.66. The molecule has 0 aromatic heterocycles. The summed E-state index contributed by atoms with van der Waals surface area (Å²) in [5.74, 6) is -0.609. The van der Waals surface area contributed by atoms with Gasteiger partial charge in [-0.2, -0.15) is 0 Å². The molecular formula is C70H78O12Si2. The maximum absolute atomic E-state index is 14.6. The van der Waals surface area contributed by atoms with E-state index in [1.54, 1.807) is 0 Å². The van der Waals surface area contributed by atoms with Crippen LogP contribution in [0.4, 0.5) is 0 Å². The van der Waals surface area contributed by atoms with Gasteiger partial charge in [0.1, 0.15) is 57.8 Å². The first-order chi connectivity index (χ1) is 40.1. The van der Waals surface area contributed by atoms with Crippen LogP contribution in [-0.2, 0) is 31.2 Å². The number of esters is 2. The Kier molecular flexibility index (Phi) is 16.9. The first-order valence-corrected chi connectivity index (χ1v) is 33.0. The SMILES string of the molecule is COc1c2c(cc3c(-c4c(O)cc(OC(C)C)c5c(OC)c6c(cc45)C[C@@H](CCO[Si](c4ccccc4)(c4ccccc4)C(C)(C)C)OC6=O)c(O)cc(OC(C)C)c13)C[C@@H](CCO[Si](c1ccccc1)(c1ccccc1)C(C)(C)C)OC2=O. The fourth-order valence-electron chi connectivity index (χ4n) is 13.0. The van der Waals surface area contributed by atoms with Crippen LogP contribution in [0.25, 0.3) is 32.7 Å². The highest BCUT2D eigenvalue weighted by atomic mass is 28.4. The number of fused-ring (bicyclic) bond motifs is 4. The second-order valence-electron chi connectivity index (χ2n) is 24.7. The summed E-state index contributed by atoms with van der Waals surface area (Å²) >= 11 is 0. The first kappa shape index (κ1) is 59.5. The number of phenols is 2. The van der Waals surface area contributed by atoms with Gasteiger partial charge in [0.15, 0.2) is 0 Å². The second-order valence-corrected chi connectivity index (χ2v) is 33.3. The molecule has 0 saturated heterocycles. The predicted octanol–water partition coefficient (Wildman–Crippen LogP) is 12.8. The van der Waals surface area contributed by atoms with Crippen LogP contribution < -0.4 is 39.7 Å². The lowest BCUT2D eigenvalue weighted by atomic mass is 9.85. The third-order valence-electron chi connectivity index (χ3n) is 16.4. The number of methoxy groups -OCH3 is 2. The summed E-state index contributed by atoms with van der Waals surface area (Å²) in [5, 5.41) is 31.0. The number of ether oxygens (including phenoxy) is 6. The number of carbonyl (C=O) groups is 2. The van der Waals surface area contributed by atoms with E-state index in [1.165, 1.54) is 26.4 Å². The van der Waals surface area contributed by atoms with E-state index in [2.05, 4.69) is 139 Å². The van der Waals surface area contributed by atoms with Crippen molar-refractivity contribution in [3.63, 3.8) is 0 Å². The minimum absolute atomic E-state index is 0.204. The quantitative estimate of drug-likeness (QED) is 0.0586. The standard InChI is InChI=1S/C70H78O12Si2/c1-43(2)79-57-41-55(71)61(53-39-45-37-47(81-67(73)59(45)65(75-11)63(53)57)33-35-77-83(69(5,6)7,49-25-17-13-18-26-49)50-27-19-14-20-28-50)62-54-40-46-38-48(82-68(74)60(46)66(76-12)64(54)58(42-56(62)72)80-44(3)4)34-36-78-84(70(8,9)10,51-29-21-15-22-30-51)52-31-23-16-24-32-52/h13-32,39-44,47-48,71-72H,33-38H2,1-12H3/t47-,48-/m1/s1. The normalized spacial score (nSPS) is 15.6. The van der Waals surface area contributed by atoms with Crippen LogP contribution in [0.1, 0.15) is 114 Å². The van der Waals surface area contributed by atoms with E-state index in [0.29, 0.717) is 71.6 Å². The van der Waals surface area contributed by atoms with Crippen molar-refractivity contribution in [3.8, 4) is 45.6 Å². The minimum atomic E-state index is -2.93. The lowest BCUT2D eigenvalue weighted by Gasteiger charge is -2.43. The van der Waals surface area contributed by atoms with Gasteiger partial charge in [0, 0.05) is 72.9 Å². The van der Waals surface area contributed by atoms with Gasteiger partial charge < -0.3 is 47.5 Å². The third kappa shape index (κ3) is 10.8. The fraction of sp³-hybridized carbons (Fsp3) is 0.343. The highest BCUT2D eigenvalue weighted by Crippen LogP contribution is 2.55. The summed E-state index contributed by atoms with van der Waals surface area (Å²) in [4.78, 5) is 29.2. The topological polar surface area (TPSA) is 148 Å². The van der Waals surface area contributed by atoms with Gasteiger partial charge in [-0.15, -0.1) is 0 Å². The molecule has 0 spiro atoms. The Balaban J connectivity index is 1.08. The summed E-state index contributed by atoms with van der Waals surface area (Å²) in [6.45, 7) is 21.5. The van der Waals surface area contributed by atoms with E-state index in [0.717, 1.165) is 20.7 Å². The van der Waals surface area contributed by atoms with E-state index >= 15 is 0 Å². The molecule has 0 aliphatic carbocycles. The molecule has 0 fully saturated rings. The van der Waals surface area contributed by atoms with E-state index in [9.17, 15) is 19.8 Å². The van der Waals surface area contributed by atoms with Gasteiger partial charge in [0.25, 0.3) is 16.6 Å². The molecule has 10 rings (SSSR count). The van der Waals surface area contributed by atoms with Gasteiger partial charge in [-0.05, 0) is 81.8 Å². The molecule has 0 radical (unpaired) electrons. The lowest BCUT2D eigenvalue weighted by molar-refractivity contribution is 0.0189. The molecule has 2 aliphatic rings. The number of phenolic OH excluding ortho intramolecular Hbond substituents is 2. The average molecular weight is 1170 g/mol. The van der Waals surface area contributed by atoms with Gasteiger partial charge in [-0.3, -0.25) is 0 Å². The molecule has 2 aliphatic heterocycles. The molecule has 0 saturated carbocycles. The highest BCUT2D eigenvalue weighted by molar-refractivity contribution is 7.00. The third-order valence-corrected chi connectivity index (χ3v) is 26.5. The number of benzene rings is 8. The Hall–Kier alpha value is -7.63. The molecule has 8 aromatic rings. The van der Waals surface area contributed by atoms with Gasteiger partial charge >= 0.3 is 11.9 Å². The zero-order valence-corrected chi connectivity index (χ0v) is 52.4. The Morgan fingerprint density at radius 1 is 0.488 bits per heavy atom. The predicted molar refractivity (Wildman–Crippen MR) is 337 cm³/mol. The van der Waals surface area contributed by atoms with Crippen LogP contribution in [0.2, 0.25) is 10.1 Å². The van der Waals surface area contributed by atoms with E-state index < -0.39 is 40.8 Å². The van der Waals surface area contributed by atoms with Crippen molar-refractivity contribution < 1.29 is 57.1 Å². The number of rotatable bonds is 19. The molecular weight excluding hydrogens is 1090 g/mol. The van der Waals surface area contributed by atoms with Crippen molar-refractivity contribution in [2.24, 2.45) is 0 Å². The number of hydrogen-bond donors (Lipinski definition) is 2. The zero-order valence-electron chi connectivity index (χ0n) is 50.4. The van der Waals surface area contributed by atoms with Crippen LogP contribution >= 0.6 is 0 Å². The van der Waals surface area contributed by atoms with Crippen molar-refractivity contribution in [3.05, 3.63) is 168 Å². The van der Waals surface area contributed by atoms with E-state index in [1.807, 2.05) is 64.1 Å². The highest BCUT2D eigenvalue weighted by Gasteiger charge is 2.52. The molecule has 438 valence electrons. The summed E-state index contributed by atoms with van der Waals surface area (Å²) in [7, 11) is -2.86. The Labute approximate surface area is 495 Å². The van der Waals surface area contributed by atoms with Gasteiger partial charge in [-0.1, -0.05) is 163 Å². The van der Waals surface area contributed by atoms with E-state index in [4.69, 9.17) is 37.3 Å². The van der Waals surface area contributed by atoms with Crippen molar-refractivity contribution in [2.75, 3.05) is 27.4 Å². The molecule has 0 amide bonds. The van der Waals surface area contributed by atoms with Crippen LogP contribution in [0.15, 0.2) is 146 Å². The molecule has 0 unspecified atom stereocenters. The van der Waals surface area contributed by atoms with Crippen molar-refractivity contribution >= 4 is 70.9 Å². The molecule has 0 bridgehead atoms. The molecule has 2 N–H and O–H groups in total. The van der Waals surface area contributed by atoms with Crippen molar-refractivity contribution in [1.82, 2.24) is 0 Å². The van der Waals surface area contributed by atoms with Crippen LogP contribution in [0.5, 0.6) is 34.5 Å². The monoisotopic (exact) mass is 1170 g/mol. The van der Waals surface area contributed by atoms with E-state index in [-0.39, 0.29) is 79.0 Å². The molecule has 14 heteroatoms. The Morgan fingerprint density at radius 3 is 1.07 bits per heavy atom. The molecule has 2 atom stereocenters. The maximum Gasteiger partial charge on any atom is 0.342 e. The Bertz CT molecular complexity index is 3380. The molecule has 84 heavy (non-hydrogen) atoms. The summed E-state index contributed by atoms with van der Waals surface area (Å²) < 4.78 is 52.5. The minimum Gasteiger partial charge on any atom is -0.507 e. The average Bonchev–Trinajstić information content (AvgIpc) is 0.966. The molecule has 12 nitrogen and oxygen atoms in total. The van der Waals surface area contributed by atoms with Crippen LogP contribution in [0, 0.1) is 0 Å². The van der Waals surface area contributed by atoms with Crippen LogP contribution in [0.3, 0.4) is 0 Å². The van der Waals surface area contributed by atoms with Gasteiger partial charge in [0.2, 0.25) is 0 Å². The summed E-state index contributed by atoms with van der Waals surface area (Å²) in [6, 6.07) is 48.4.